The third kappa shape index (κ3) is 3.33. The van der Waals surface area contributed by atoms with Crippen LogP contribution < -0.4 is 5.32 Å². The van der Waals surface area contributed by atoms with Crippen LogP contribution in [0.25, 0.3) is 0 Å². The fourth-order valence-electron chi connectivity index (χ4n) is 2.92. The van der Waals surface area contributed by atoms with Crippen molar-refractivity contribution in [2.24, 2.45) is 0 Å². The van der Waals surface area contributed by atoms with Crippen LogP contribution in [0.4, 0.5) is 0 Å². The van der Waals surface area contributed by atoms with Gasteiger partial charge in [-0.3, -0.25) is 4.90 Å². The highest BCUT2D eigenvalue weighted by Crippen LogP contribution is 2.27. The molecule has 0 radical (unpaired) electrons. The molecular weight excluding hydrogens is 220 g/mol. The lowest BCUT2D eigenvalue weighted by atomic mass is 9.90. The lowest BCUT2D eigenvalue weighted by Crippen LogP contribution is -2.43. The van der Waals surface area contributed by atoms with Crippen LogP contribution in [-0.2, 0) is 6.54 Å². The van der Waals surface area contributed by atoms with Crippen LogP contribution in [0.3, 0.4) is 0 Å². The molecule has 0 unspecified atom stereocenters. The molecule has 2 nitrogen and oxygen atoms in total. The Labute approximate surface area is 111 Å². The zero-order chi connectivity index (χ0) is 12.8. The predicted octanol–water partition coefficient (Wildman–Crippen LogP) is 3.00. The molecule has 1 N–H and O–H groups in total. The molecule has 0 amide bonds. The van der Waals surface area contributed by atoms with E-state index in [9.17, 15) is 0 Å². The first-order valence-electron chi connectivity index (χ1n) is 7.36. The Morgan fingerprint density at radius 2 is 1.78 bits per heavy atom. The highest BCUT2D eigenvalue weighted by Gasteiger charge is 2.15. The molecule has 1 aliphatic heterocycles. The van der Waals surface area contributed by atoms with E-state index in [1.165, 1.54) is 31.5 Å². The van der Waals surface area contributed by atoms with Crippen molar-refractivity contribution in [1.82, 2.24) is 10.2 Å². The fourth-order valence-corrected chi connectivity index (χ4v) is 2.92. The Hall–Kier alpha value is -0.860. The van der Waals surface area contributed by atoms with Crippen LogP contribution in [-0.4, -0.2) is 31.1 Å². The van der Waals surface area contributed by atoms with Gasteiger partial charge in [-0.25, -0.2) is 0 Å². The second kappa shape index (κ2) is 6.91. The van der Waals surface area contributed by atoms with E-state index in [0.29, 0.717) is 0 Å². The summed E-state index contributed by atoms with van der Waals surface area (Å²) in [6, 6.07) is 9.02. The molecule has 0 saturated carbocycles. The monoisotopic (exact) mass is 246 g/mol. The normalized spacial score (nSPS) is 17.3. The summed E-state index contributed by atoms with van der Waals surface area (Å²) in [6.07, 6.45) is 2.49. The standard InChI is InChI=1S/C16H26N2/c1-3-14(4-2)16-8-6-5-7-15(16)13-18-11-9-17-10-12-18/h5-8,14,17H,3-4,9-13H2,1-2H3. The van der Waals surface area contributed by atoms with Crippen LogP contribution in [0.5, 0.6) is 0 Å². The molecule has 0 aromatic heterocycles. The summed E-state index contributed by atoms with van der Waals surface area (Å²) < 4.78 is 0. The Morgan fingerprint density at radius 3 is 2.44 bits per heavy atom. The Bertz CT molecular complexity index is 352. The summed E-state index contributed by atoms with van der Waals surface area (Å²) in [7, 11) is 0. The van der Waals surface area contributed by atoms with Crippen molar-refractivity contribution >= 4 is 0 Å². The lowest BCUT2D eigenvalue weighted by Gasteiger charge is -2.29. The molecule has 18 heavy (non-hydrogen) atoms. The summed E-state index contributed by atoms with van der Waals surface area (Å²) >= 11 is 0. The van der Waals surface area contributed by atoms with E-state index in [1.54, 1.807) is 5.56 Å². The van der Waals surface area contributed by atoms with Gasteiger partial charge in [-0.15, -0.1) is 0 Å². The second-order valence-corrected chi connectivity index (χ2v) is 5.24. The minimum atomic E-state index is 0.726. The summed E-state index contributed by atoms with van der Waals surface area (Å²) in [5.41, 5.74) is 3.11. The quantitative estimate of drug-likeness (QED) is 0.859. The zero-order valence-corrected chi connectivity index (χ0v) is 11.8. The van der Waals surface area contributed by atoms with Crippen molar-refractivity contribution in [3.8, 4) is 0 Å². The molecule has 0 aliphatic carbocycles. The van der Waals surface area contributed by atoms with Crippen molar-refractivity contribution in [2.45, 2.75) is 39.2 Å². The second-order valence-electron chi connectivity index (χ2n) is 5.24. The van der Waals surface area contributed by atoms with E-state index in [1.807, 2.05) is 0 Å². The fraction of sp³-hybridized carbons (Fsp3) is 0.625. The maximum Gasteiger partial charge on any atom is 0.0237 e. The largest absolute Gasteiger partial charge is 0.314 e. The van der Waals surface area contributed by atoms with Gasteiger partial charge in [0.1, 0.15) is 0 Å². The van der Waals surface area contributed by atoms with Gasteiger partial charge in [0.25, 0.3) is 0 Å². The minimum absolute atomic E-state index is 0.726. The number of piperazine rings is 1. The maximum atomic E-state index is 3.42. The summed E-state index contributed by atoms with van der Waals surface area (Å²) in [5, 5.41) is 3.42. The van der Waals surface area contributed by atoms with Gasteiger partial charge in [-0.2, -0.15) is 0 Å². The molecule has 2 rings (SSSR count). The molecule has 0 atom stereocenters. The first kappa shape index (κ1) is 13.6. The Balaban J connectivity index is 2.10. The molecule has 1 aromatic rings. The van der Waals surface area contributed by atoms with Crippen LogP contribution in [0.2, 0.25) is 0 Å². The van der Waals surface area contributed by atoms with Crippen molar-refractivity contribution < 1.29 is 0 Å². The molecule has 1 aliphatic rings. The Kier molecular flexibility index (Phi) is 5.21. The highest BCUT2D eigenvalue weighted by molar-refractivity contribution is 5.30. The number of rotatable bonds is 5. The smallest absolute Gasteiger partial charge is 0.0237 e. The summed E-state index contributed by atoms with van der Waals surface area (Å²) in [4.78, 5) is 2.57. The van der Waals surface area contributed by atoms with Gasteiger partial charge >= 0.3 is 0 Å². The molecule has 1 heterocycles. The van der Waals surface area contributed by atoms with E-state index >= 15 is 0 Å². The van der Waals surface area contributed by atoms with Crippen molar-refractivity contribution in [3.63, 3.8) is 0 Å². The van der Waals surface area contributed by atoms with Gasteiger partial charge in [0.2, 0.25) is 0 Å². The topological polar surface area (TPSA) is 15.3 Å². The van der Waals surface area contributed by atoms with Gasteiger partial charge in [-0.1, -0.05) is 38.1 Å². The van der Waals surface area contributed by atoms with Crippen LogP contribution in [0.15, 0.2) is 24.3 Å². The highest BCUT2D eigenvalue weighted by atomic mass is 15.2. The van der Waals surface area contributed by atoms with E-state index in [4.69, 9.17) is 0 Å². The van der Waals surface area contributed by atoms with Gasteiger partial charge in [-0.05, 0) is 29.9 Å². The summed E-state index contributed by atoms with van der Waals surface area (Å²) in [5.74, 6) is 0.726. The lowest BCUT2D eigenvalue weighted by molar-refractivity contribution is 0.232. The number of benzene rings is 1. The molecular formula is C16H26N2. The number of nitrogens with one attached hydrogen (secondary N) is 1. The summed E-state index contributed by atoms with van der Waals surface area (Å²) in [6.45, 7) is 10.3. The minimum Gasteiger partial charge on any atom is -0.314 e. The number of hydrogen-bond acceptors (Lipinski definition) is 2. The van der Waals surface area contributed by atoms with E-state index in [0.717, 1.165) is 25.6 Å². The first-order valence-corrected chi connectivity index (χ1v) is 7.36. The van der Waals surface area contributed by atoms with Gasteiger partial charge in [0, 0.05) is 32.7 Å². The molecule has 100 valence electrons. The predicted molar refractivity (Wildman–Crippen MR) is 77.9 cm³/mol. The van der Waals surface area contributed by atoms with Crippen molar-refractivity contribution in [1.29, 1.82) is 0 Å². The van der Waals surface area contributed by atoms with Crippen molar-refractivity contribution in [3.05, 3.63) is 35.4 Å². The first-order chi connectivity index (χ1) is 8.85. The van der Waals surface area contributed by atoms with Crippen LogP contribution in [0.1, 0.15) is 43.7 Å². The van der Waals surface area contributed by atoms with Gasteiger partial charge in [0.15, 0.2) is 0 Å². The average Bonchev–Trinajstić information content (AvgIpc) is 2.43. The van der Waals surface area contributed by atoms with Crippen LogP contribution >= 0.6 is 0 Å². The molecule has 0 bridgehead atoms. The van der Waals surface area contributed by atoms with Crippen molar-refractivity contribution in [2.75, 3.05) is 26.2 Å². The average molecular weight is 246 g/mol. The molecule has 1 fully saturated rings. The van der Waals surface area contributed by atoms with E-state index in [2.05, 4.69) is 48.3 Å². The number of hydrogen-bond donors (Lipinski definition) is 1. The third-order valence-electron chi connectivity index (χ3n) is 4.08. The molecule has 1 aromatic carbocycles. The molecule has 0 spiro atoms. The SMILES string of the molecule is CCC(CC)c1ccccc1CN1CCNCC1. The van der Waals surface area contributed by atoms with Crippen LogP contribution in [0, 0.1) is 0 Å². The van der Waals surface area contributed by atoms with E-state index < -0.39 is 0 Å². The molecule has 1 saturated heterocycles. The van der Waals surface area contributed by atoms with Gasteiger partial charge in [0.05, 0.1) is 0 Å². The zero-order valence-electron chi connectivity index (χ0n) is 11.8. The van der Waals surface area contributed by atoms with Gasteiger partial charge < -0.3 is 5.32 Å². The van der Waals surface area contributed by atoms with E-state index in [-0.39, 0.29) is 0 Å². The third-order valence-corrected chi connectivity index (χ3v) is 4.08. The number of nitrogens with zero attached hydrogens (tertiary/aromatic N) is 1. The Morgan fingerprint density at radius 1 is 1.11 bits per heavy atom. The maximum absolute atomic E-state index is 3.42. The molecule has 2 heteroatoms.